The minimum absolute atomic E-state index is 0.542. The van der Waals surface area contributed by atoms with Gasteiger partial charge in [-0.3, -0.25) is 0 Å². The predicted octanol–water partition coefficient (Wildman–Crippen LogP) is 2.88. The minimum Gasteiger partial charge on any atom is -0.379 e. The van der Waals surface area contributed by atoms with Crippen molar-refractivity contribution in [2.24, 2.45) is 5.92 Å². The number of rotatable bonds is 6. The molecule has 1 aromatic heterocycles. The van der Waals surface area contributed by atoms with E-state index in [1.54, 1.807) is 5.38 Å². The molecule has 1 aromatic rings. The summed E-state index contributed by atoms with van der Waals surface area (Å²) >= 11 is 7.17. The number of ether oxygens (including phenoxy) is 1. The molecule has 0 radical (unpaired) electrons. The van der Waals surface area contributed by atoms with Gasteiger partial charge in [0.05, 0.1) is 6.61 Å². The van der Waals surface area contributed by atoms with Crippen LogP contribution < -0.4 is 5.32 Å². The normalized spacial score (nSPS) is 10.9. The summed E-state index contributed by atoms with van der Waals surface area (Å²) in [5.41, 5.74) is 0. The molecule has 0 aromatic carbocycles. The molecule has 0 unspecified atom stereocenters. The molecule has 0 atom stereocenters. The summed E-state index contributed by atoms with van der Waals surface area (Å²) in [7, 11) is 0. The van der Waals surface area contributed by atoms with Crippen molar-refractivity contribution in [2.45, 2.75) is 13.8 Å². The lowest BCUT2D eigenvalue weighted by Gasteiger charge is -2.06. The van der Waals surface area contributed by atoms with Crippen LogP contribution in [0.25, 0.3) is 0 Å². The highest BCUT2D eigenvalue weighted by atomic mass is 35.5. The van der Waals surface area contributed by atoms with Gasteiger partial charge in [-0.1, -0.05) is 25.4 Å². The number of aromatic nitrogens is 1. The number of nitrogens with one attached hydrogen (secondary N) is 1. The van der Waals surface area contributed by atoms with Crippen LogP contribution in [0, 0.1) is 5.92 Å². The van der Waals surface area contributed by atoms with Gasteiger partial charge in [0.25, 0.3) is 0 Å². The second kappa shape index (κ2) is 6.22. The van der Waals surface area contributed by atoms with E-state index in [1.807, 2.05) is 0 Å². The third-order valence-corrected chi connectivity index (χ3v) is 2.57. The Morgan fingerprint density at radius 3 is 3.00 bits per heavy atom. The van der Waals surface area contributed by atoms with Crippen molar-refractivity contribution >= 4 is 28.1 Å². The Labute approximate surface area is 93.4 Å². The van der Waals surface area contributed by atoms with Crippen LogP contribution in [0.5, 0.6) is 0 Å². The summed E-state index contributed by atoms with van der Waals surface area (Å²) in [5.74, 6) is 0.587. The van der Waals surface area contributed by atoms with E-state index in [9.17, 15) is 0 Å². The second-order valence-electron chi connectivity index (χ2n) is 3.37. The highest BCUT2D eigenvalue weighted by Gasteiger charge is 1.98. The second-order valence-corrected chi connectivity index (χ2v) is 4.62. The van der Waals surface area contributed by atoms with Crippen LogP contribution in [-0.4, -0.2) is 24.7 Å². The van der Waals surface area contributed by atoms with Gasteiger partial charge in [0.1, 0.15) is 5.15 Å². The van der Waals surface area contributed by atoms with Gasteiger partial charge in [-0.15, -0.1) is 11.3 Å². The van der Waals surface area contributed by atoms with E-state index in [2.05, 4.69) is 24.1 Å². The van der Waals surface area contributed by atoms with Crippen molar-refractivity contribution in [1.82, 2.24) is 4.98 Å². The fourth-order valence-corrected chi connectivity index (χ4v) is 1.75. The molecule has 1 rings (SSSR count). The highest BCUT2D eigenvalue weighted by molar-refractivity contribution is 7.14. The van der Waals surface area contributed by atoms with Gasteiger partial charge in [0.15, 0.2) is 5.13 Å². The topological polar surface area (TPSA) is 34.1 Å². The third kappa shape index (κ3) is 4.79. The van der Waals surface area contributed by atoms with Gasteiger partial charge in [-0.25, -0.2) is 4.98 Å². The van der Waals surface area contributed by atoms with Gasteiger partial charge in [-0.05, 0) is 5.92 Å². The average molecular weight is 235 g/mol. The first-order valence-corrected chi connectivity index (χ1v) is 5.87. The molecule has 0 aliphatic carbocycles. The Hall–Kier alpha value is -0.320. The van der Waals surface area contributed by atoms with Crippen LogP contribution in [0.4, 0.5) is 5.13 Å². The van der Waals surface area contributed by atoms with Crippen molar-refractivity contribution in [3.05, 3.63) is 10.5 Å². The zero-order valence-electron chi connectivity index (χ0n) is 8.42. The number of nitrogens with zero attached hydrogens (tertiary/aromatic N) is 1. The summed E-state index contributed by atoms with van der Waals surface area (Å²) < 4.78 is 5.40. The molecule has 0 saturated carbocycles. The van der Waals surface area contributed by atoms with Crippen LogP contribution >= 0.6 is 22.9 Å². The maximum absolute atomic E-state index is 5.67. The molecule has 1 N–H and O–H groups in total. The van der Waals surface area contributed by atoms with Gasteiger partial charge in [0, 0.05) is 18.5 Å². The first-order valence-electron chi connectivity index (χ1n) is 4.61. The largest absolute Gasteiger partial charge is 0.379 e. The number of anilines is 1. The highest BCUT2D eigenvalue weighted by Crippen LogP contribution is 2.18. The Bertz CT molecular complexity index is 265. The van der Waals surface area contributed by atoms with Gasteiger partial charge < -0.3 is 10.1 Å². The number of thiazole rings is 1. The molecule has 14 heavy (non-hydrogen) atoms. The lowest BCUT2D eigenvalue weighted by molar-refractivity contribution is 0.118. The summed E-state index contributed by atoms with van der Waals surface area (Å²) in [6, 6.07) is 0. The Kier molecular flexibility index (Phi) is 5.22. The van der Waals surface area contributed by atoms with E-state index in [-0.39, 0.29) is 0 Å². The molecule has 0 amide bonds. The van der Waals surface area contributed by atoms with Crippen molar-refractivity contribution in [3.63, 3.8) is 0 Å². The SMILES string of the molecule is CC(C)COCCNc1nc(Cl)cs1. The van der Waals surface area contributed by atoms with Crippen LogP contribution in [0.2, 0.25) is 5.15 Å². The van der Waals surface area contributed by atoms with Crippen molar-refractivity contribution < 1.29 is 4.74 Å². The molecule has 3 nitrogen and oxygen atoms in total. The molecule has 5 heteroatoms. The molecule has 0 spiro atoms. The molecule has 0 fully saturated rings. The fourth-order valence-electron chi connectivity index (χ4n) is 0.885. The summed E-state index contributed by atoms with van der Waals surface area (Å²) in [6.45, 7) is 6.55. The minimum atomic E-state index is 0.542. The third-order valence-electron chi connectivity index (χ3n) is 1.45. The average Bonchev–Trinajstić information content (AvgIpc) is 2.50. The first-order chi connectivity index (χ1) is 6.68. The number of hydrogen-bond acceptors (Lipinski definition) is 4. The van der Waals surface area contributed by atoms with E-state index in [1.165, 1.54) is 11.3 Å². The van der Waals surface area contributed by atoms with Crippen LogP contribution in [0.15, 0.2) is 5.38 Å². The van der Waals surface area contributed by atoms with Crippen molar-refractivity contribution in [3.8, 4) is 0 Å². The molecule has 0 aliphatic heterocycles. The van der Waals surface area contributed by atoms with E-state index in [0.29, 0.717) is 17.7 Å². The van der Waals surface area contributed by atoms with Gasteiger partial charge >= 0.3 is 0 Å². The van der Waals surface area contributed by atoms with E-state index in [0.717, 1.165) is 18.3 Å². The molecule has 0 bridgehead atoms. The standard InChI is InChI=1S/C9H15ClN2OS/c1-7(2)5-13-4-3-11-9-12-8(10)6-14-9/h6-7H,3-5H2,1-2H3,(H,11,12). The summed E-state index contributed by atoms with van der Waals surface area (Å²) in [5, 5.41) is 6.33. The van der Waals surface area contributed by atoms with E-state index < -0.39 is 0 Å². The van der Waals surface area contributed by atoms with Crippen molar-refractivity contribution in [1.29, 1.82) is 0 Å². The monoisotopic (exact) mass is 234 g/mol. The van der Waals surface area contributed by atoms with Crippen LogP contribution in [0.3, 0.4) is 0 Å². The van der Waals surface area contributed by atoms with E-state index >= 15 is 0 Å². The molecule has 0 saturated heterocycles. The maximum atomic E-state index is 5.67. The zero-order valence-corrected chi connectivity index (χ0v) is 9.99. The van der Waals surface area contributed by atoms with Crippen LogP contribution in [0.1, 0.15) is 13.8 Å². The smallest absolute Gasteiger partial charge is 0.184 e. The Morgan fingerprint density at radius 2 is 2.43 bits per heavy atom. The maximum Gasteiger partial charge on any atom is 0.184 e. The predicted molar refractivity (Wildman–Crippen MR) is 61.3 cm³/mol. The molecule has 80 valence electrons. The lowest BCUT2D eigenvalue weighted by Crippen LogP contribution is -2.11. The summed E-state index contributed by atoms with van der Waals surface area (Å²) in [6.07, 6.45) is 0. The van der Waals surface area contributed by atoms with Gasteiger partial charge in [-0.2, -0.15) is 0 Å². The molecular weight excluding hydrogens is 220 g/mol. The van der Waals surface area contributed by atoms with Crippen molar-refractivity contribution in [2.75, 3.05) is 25.1 Å². The molecule has 0 aliphatic rings. The zero-order chi connectivity index (χ0) is 10.4. The summed E-state index contributed by atoms with van der Waals surface area (Å²) in [4.78, 5) is 4.06. The first kappa shape index (κ1) is 11.8. The quantitative estimate of drug-likeness (QED) is 0.769. The number of hydrogen-bond donors (Lipinski definition) is 1. The fraction of sp³-hybridized carbons (Fsp3) is 0.667. The number of halogens is 1. The Morgan fingerprint density at radius 1 is 1.64 bits per heavy atom. The molecule has 1 heterocycles. The molecular formula is C9H15ClN2OS. The Balaban J connectivity index is 2.04. The van der Waals surface area contributed by atoms with E-state index in [4.69, 9.17) is 16.3 Å². The lowest BCUT2D eigenvalue weighted by atomic mass is 10.2. The van der Waals surface area contributed by atoms with Crippen LogP contribution in [-0.2, 0) is 4.74 Å². The van der Waals surface area contributed by atoms with Gasteiger partial charge in [0.2, 0.25) is 0 Å².